The number of aryl methyl sites for hydroxylation is 3. The highest BCUT2D eigenvalue weighted by atomic mass is 16.4. The van der Waals surface area contributed by atoms with Crippen molar-refractivity contribution >= 4 is 11.7 Å². The fourth-order valence-corrected chi connectivity index (χ4v) is 4.37. The van der Waals surface area contributed by atoms with Gasteiger partial charge in [-0.2, -0.15) is 5.26 Å². The number of benzene rings is 3. The van der Waals surface area contributed by atoms with E-state index >= 15 is 0 Å². The van der Waals surface area contributed by atoms with Gasteiger partial charge in [0.2, 0.25) is 5.88 Å². The molecule has 5 rings (SSSR count). The van der Waals surface area contributed by atoms with Gasteiger partial charge in [0, 0.05) is 28.8 Å². The van der Waals surface area contributed by atoms with Crippen molar-refractivity contribution in [2.24, 2.45) is 0 Å². The number of nitrogens with one attached hydrogen (secondary N) is 1. The van der Waals surface area contributed by atoms with Crippen LogP contribution in [0.25, 0.3) is 22.5 Å². The predicted octanol–water partition coefficient (Wildman–Crippen LogP) is 7.53. The van der Waals surface area contributed by atoms with E-state index in [0.29, 0.717) is 35.3 Å². The molecule has 5 nitrogen and oxygen atoms in total. The fraction of sp³-hybridized carbons (Fsp3) is 0.129. The molecule has 0 spiro atoms. The zero-order valence-electron chi connectivity index (χ0n) is 20.5. The van der Waals surface area contributed by atoms with Gasteiger partial charge in [-0.25, -0.2) is 9.97 Å². The Labute approximate surface area is 211 Å². The molecule has 0 atom stereocenters. The second-order valence-electron chi connectivity index (χ2n) is 8.82. The smallest absolute Gasteiger partial charge is 0.217 e. The first-order chi connectivity index (χ1) is 17.5. The van der Waals surface area contributed by atoms with Crippen LogP contribution in [0.2, 0.25) is 0 Å². The van der Waals surface area contributed by atoms with Crippen LogP contribution in [-0.4, -0.2) is 9.97 Å². The summed E-state index contributed by atoms with van der Waals surface area (Å²) in [6, 6.07) is 30.5. The van der Waals surface area contributed by atoms with Crippen molar-refractivity contribution in [1.82, 2.24) is 9.97 Å². The Morgan fingerprint density at radius 3 is 2.08 bits per heavy atom. The van der Waals surface area contributed by atoms with Crippen LogP contribution in [0.5, 0.6) is 0 Å². The van der Waals surface area contributed by atoms with Gasteiger partial charge in [0.15, 0.2) is 0 Å². The van der Waals surface area contributed by atoms with Crippen molar-refractivity contribution in [3.05, 3.63) is 119 Å². The van der Waals surface area contributed by atoms with Gasteiger partial charge in [0.1, 0.15) is 29.0 Å². The molecule has 0 fully saturated rings. The molecular weight excluding hydrogens is 444 g/mol. The van der Waals surface area contributed by atoms with E-state index in [1.54, 1.807) is 0 Å². The topological polar surface area (TPSA) is 74.7 Å². The van der Waals surface area contributed by atoms with Crippen LogP contribution in [0.15, 0.2) is 89.3 Å². The normalized spacial score (nSPS) is 10.7. The molecule has 0 aliphatic carbocycles. The number of rotatable bonds is 6. The largest absolute Gasteiger partial charge is 0.438 e. The minimum absolute atomic E-state index is 0.373. The quantitative estimate of drug-likeness (QED) is 0.277. The van der Waals surface area contributed by atoms with Gasteiger partial charge < -0.3 is 9.73 Å². The van der Waals surface area contributed by atoms with Gasteiger partial charge in [-0.15, -0.1) is 0 Å². The number of aromatic nitrogens is 2. The number of nitriles is 1. The zero-order chi connectivity index (χ0) is 25.1. The first-order valence-corrected chi connectivity index (χ1v) is 11.9. The molecule has 0 aliphatic heterocycles. The molecule has 0 bridgehead atoms. The Bertz CT molecular complexity index is 1550. The molecule has 0 unspecified atom stereocenters. The highest BCUT2D eigenvalue weighted by Crippen LogP contribution is 2.42. The monoisotopic (exact) mass is 470 g/mol. The second-order valence-corrected chi connectivity index (χ2v) is 8.82. The Morgan fingerprint density at radius 2 is 1.44 bits per heavy atom. The molecule has 36 heavy (non-hydrogen) atoms. The summed E-state index contributed by atoms with van der Waals surface area (Å²) in [5.41, 5.74) is 7.24. The van der Waals surface area contributed by atoms with Crippen LogP contribution in [0.4, 0.5) is 11.7 Å². The van der Waals surface area contributed by atoms with Gasteiger partial charge >= 0.3 is 0 Å². The summed E-state index contributed by atoms with van der Waals surface area (Å²) in [6.07, 6.45) is 0.661. The molecule has 176 valence electrons. The molecule has 0 aliphatic rings. The Kier molecular flexibility index (Phi) is 6.34. The van der Waals surface area contributed by atoms with Crippen molar-refractivity contribution in [3.8, 4) is 28.5 Å². The summed E-state index contributed by atoms with van der Waals surface area (Å²) in [5.74, 6) is 2.31. The average Bonchev–Trinajstić information content (AvgIpc) is 3.26. The molecule has 2 heterocycles. The van der Waals surface area contributed by atoms with Crippen LogP contribution >= 0.6 is 0 Å². The minimum atomic E-state index is 0.373. The SMILES string of the molecule is Cc1ccc(Cc2c(C)nc(C)nc2Nc2oc(-c3ccccc3)c(-c3ccccc3)c2C#N)cc1. The van der Waals surface area contributed by atoms with Crippen molar-refractivity contribution < 1.29 is 4.42 Å². The van der Waals surface area contributed by atoms with Gasteiger partial charge in [-0.3, -0.25) is 0 Å². The van der Waals surface area contributed by atoms with Crippen LogP contribution in [0, 0.1) is 32.1 Å². The van der Waals surface area contributed by atoms with E-state index in [2.05, 4.69) is 47.6 Å². The maximum Gasteiger partial charge on any atom is 0.217 e. The molecule has 0 radical (unpaired) electrons. The van der Waals surface area contributed by atoms with Gasteiger partial charge in [0.05, 0.1) is 0 Å². The third-order valence-corrected chi connectivity index (χ3v) is 6.18. The molecule has 2 aromatic heterocycles. The number of nitrogens with zero attached hydrogens (tertiary/aromatic N) is 3. The van der Waals surface area contributed by atoms with Crippen molar-refractivity contribution in [3.63, 3.8) is 0 Å². The summed E-state index contributed by atoms with van der Waals surface area (Å²) >= 11 is 0. The Morgan fingerprint density at radius 1 is 0.806 bits per heavy atom. The Hall–Kier alpha value is -4.69. The summed E-state index contributed by atoms with van der Waals surface area (Å²) in [4.78, 5) is 9.31. The van der Waals surface area contributed by atoms with Gasteiger partial charge in [-0.05, 0) is 31.9 Å². The van der Waals surface area contributed by atoms with E-state index in [1.807, 2.05) is 74.5 Å². The van der Waals surface area contributed by atoms with E-state index in [0.717, 1.165) is 33.5 Å². The standard InChI is InChI=1S/C31H26N4O/c1-20-14-16-23(17-15-20)18-26-21(2)33-22(3)34-30(26)35-31-27(19-32)28(24-10-6-4-7-11-24)29(36-31)25-12-8-5-9-13-25/h4-17H,18H2,1-3H3,(H,33,34,35). The summed E-state index contributed by atoms with van der Waals surface area (Å²) in [5, 5.41) is 13.6. The van der Waals surface area contributed by atoms with Crippen LogP contribution in [-0.2, 0) is 6.42 Å². The lowest BCUT2D eigenvalue weighted by molar-refractivity contribution is 0.599. The number of furan rings is 1. The summed E-state index contributed by atoms with van der Waals surface area (Å²) in [6.45, 7) is 5.93. The number of anilines is 2. The second kappa shape index (κ2) is 9.89. The maximum atomic E-state index is 10.3. The summed E-state index contributed by atoms with van der Waals surface area (Å²) in [7, 11) is 0. The molecule has 0 amide bonds. The zero-order valence-corrected chi connectivity index (χ0v) is 20.5. The van der Waals surface area contributed by atoms with Crippen molar-refractivity contribution in [2.45, 2.75) is 27.2 Å². The number of hydrogen-bond donors (Lipinski definition) is 1. The molecule has 3 aromatic carbocycles. The molecule has 1 N–H and O–H groups in total. The number of hydrogen-bond acceptors (Lipinski definition) is 5. The highest BCUT2D eigenvalue weighted by molar-refractivity contribution is 5.89. The highest BCUT2D eigenvalue weighted by Gasteiger charge is 2.24. The van der Waals surface area contributed by atoms with E-state index in [9.17, 15) is 5.26 Å². The molecule has 0 saturated carbocycles. The van der Waals surface area contributed by atoms with Crippen LogP contribution in [0.3, 0.4) is 0 Å². The summed E-state index contributed by atoms with van der Waals surface area (Å²) < 4.78 is 6.39. The van der Waals surface area contributed by atoms with E-state index in [-0.39, 0.29) is 0 Å². The molecule has 5 aromatic rings. The molecular formula is C31H26N4O. The van der Waals surface area contributed by atoms with Gasteiger partial charge in [-0.1, -0.05) is 90.5 Å². The first-order valence-electron chi connectivity index (χ1n) is 11.9. The van der Waals surface area contributed by atoms with E-state index in [1.165, 1.54) is 5.56 Å². The van der Waals surface area contributed by atoms with Crippen LogP contribution in [0.1, 0.15) is 33.8 Å². The predicted molar refractivity (Wildman–Crippen MR) is 143 cm³/mol. The van der Waals surface area contributed by atoms with E-state index < -0.39 is 0 Å². The maximum absolute atomic E-state index is 10.3. The lowest BCUT2D eigenvalue weighted by Gasteiger charge is -2.13. The third-order valence-electron chi connectivity index (χ3n) is 6.18. The first kappa shape index (κ1) is 23.1. The molecule has 0 saturated heterocycles. The lowest BCUT2D eigenvalue weighted by atomic mass is 9.98. The Balaban J connectivity index is 1.64. The fourth-order valence-electron chi connectivity index (χ4n) is 4.37. The third kappa shape index (κ3) is 4.62. The minimum Gasteiger partial charge on any atom is -0.438 e. The lowest BCUT2D eigenvalue weighted by Crippen LogP contribution is -2.07. The van der Waals surface area contributed by atoms with Gasteiger partial charge in [0.25, 0.3) is 0 Å². The van der Waals surface area contributed by atoms with E-state index in [4.69, 9.17) is 9.40 Å². The molecule has 5 heteroatoms. The van der Waals surface area contributed by atoms with Crippen LogP contribution < -0.4 is 5.32 Å². The van der Waals surface area contributed by atoms with Crippen molar-refractivity contribution in [2.75, 3.05) is 5.32 Å². The average molecular weight is 471 g/mol. The van der Waals surface area contributed by atoms with Crippen molar-refractivity contribution in [1.29, 1.82) is 5.26 Å².